The fourth-order valence-corrected chi connectivity index (χ4v) is 3.80. The summed E-state index contributed by atoms with van der Waals surface area (Å²) in [5.41, 5.74) is 0. The summed E-state index contributed by atoms with van der Waals surface area (Å²) in [5.74, 6) is -1.73. The number of benzene rings is 1. The Morgan fingerprint density at radius 1 is 1.16 bits per heavy atom. The Morgan fingerprint density at radius 3 is 2.32 bits per heavy atom. The first kappa shape index (κ1) is 14.0. The molecule has 0 amide bonds. The Kier molecular flexibility index (Phi) is 3.88. The molecule has 1 aromatic rings. The lowest BCUT2D eigenvalue weighted by Gasteiger charge is -2.35. The van der Waals surface area contributed by atoms with Crippen molar-refractivity contribution in [1.29, 1.82) is 0 Å². The Hall–Kier alpha value is -1.44. The lowest BCUT2D eigenvalue weighted by atomic mass is 10.3. The van der Waals surface area contributed by atoms with Gasteiger partial charge in [-0.25, -0.2) is 0 Å². The molecule has 0 aliphatic carbocycles. The third-order valence-corrected chi connectivity index (χ3v) is 5.18. The van der Waals surface area contributed by atoms with E-state index < -0.39 is 38.9 Å². The van der Waals surface area contributed by atoms with Gasteiger partial charge in [0.05, 0.1) is 11.0 Å². The Balaban J connectivity index is 2.19. The van der Waals surface area contributed by atoms with E-state index in [0.717, 1.165) is 3.57 Å². The van der Waals surface area contributed by atoms with Crippen LogP contribution >= 0.6 is 0 Å². The van der Waals surface area contributed by atoms with Crippen molar-refractivity contribution in [2.24, 2.45) is 0 Å². The molecular weight excluding hydrogens is 363 g/mol. The molecule has 1 saturated heterocycles. The predicted molar refractivity (Wildman–Crippen MR) is 61.2 cm³/mol. The molecule has 0 radical (unpaired) electrons. The van der Waals surface area contributed by atoms with Crippen molar-refractivity contribution in [2.75, 3.05) is 7.11 Å². The van der Waals surface area contributed by atoms with Gasteiger partial charge in [0.2, 0.25) is 21.3 Å². The SMILES string of the molecule is COc1ccccc1[I+][C-]1C(=O)OC(C)(C)OC1=O. The summed E-state index contributed by atoms with van der Waals surface area (Å²) in [6.45, 7) is 3.06. The molecule has 1 heterocycles. The number of methoxy groups -OCH3 is 1. The van der Waals surface area contributed by atoms with Crippen LogP contribution < -0.4 is 25.9 Å². The van der Waals surface area contributed by atoms with E-state index in [9.17, 15) is 9.59 Å². The summed E-state index contributed by atoms with van der Waals surface area (Å²) in [6, 6.07) is 7.29. The zero-order chi connectivity index (χ0) is 14.0. The second-order valence-electron chi connectivity index (χ2n) is 4.22. The molecule has 0 atom stereocenters. The molecule has 0 N–H and O–H groups in total. The van der Waals surface area contributed by atoms with Crippen LogP contribution in [0.15, 0.2) is 24.3 Å². The Labute approximate surface area is 121 Å². The highest BCUT2D eigenvalue weighted by atomic mass is 127. The Morgan fingerprint density at radius 2 is 1.74 bits per heavy atom. The van der Waals surface area contributed by atoms with E-state index in [1.165, 1.54) is 13.8 Å². The maximum absolute atomic E-state index is 11.9. The van der Waals surface area contributed by atoms with E-state index >= 15 is 0 Å². The lowest BCUT2D eigenvalue weighted by molar-refractivity contribution is -0.601. The van der Waals surface area contributed by atoms with E-state index in [-0.39, 0.29) is 3.92 Å². The number of para-hydroxylation sites is 1. The van der Waals surface area contributed by atoms with Crippen LogP contribution in [-0.2, 0) is 19.1 Å². The van der Waals surface area contributed by atoms with Crippen LogP contribution in [0.5, 0.6) is 5.75 Å². The molecule has 102 valence electrons. The standard InChI is InChI=1S/C13H13IO5/c1-13(2)18-11(15)10(12(16)19-13)14-8-6-4-5-7-9(8)17-3/h4-7H,1-3H3. The molecule has 0 bridgehead atoms. The molecule has 1 aliphatic rings. The number of hydrogen-bond acceptors (Lipinski definition) is 5. The second-order valence-corrected chi connectivity index (χ2v) is 7.00. The smallest absolute Gasteiger partial charge is 0.247 e. The molecule has 6 heteroatoms. The third-order valence-electron chi connectivity index (χ3n) is 2.29. The van der Waals surface area contributed by atoms with Gasteiger partial charge in [-0.15, -0.1) is 0 Å². The van der Waals surface area contributed by atoms with Gasteiger partial charge >= 0.3 is 0 Å². The van der Waals surface area contributed by atoms with Crippen LogP contribution in [0.3, 0.4) is 0 Å². The summed E-state index contributed by atoms with van der Waals surface area (Å²) >= 11 is -1.00. The number of halogens is 1. The van der Waals surface area contributed by atoms with Gasteiger partial charge in [0.25, 0.3) is 0 Å². The second kappa shape index (κ2) is 5.28. The van der Waals surface area contributed by atoms with E-state index in [4.69, 9.17) is 14.2 Å². The molecule has 1 aliphatic heterocycles. The van der Waals surface area contributed by atoms with Crippen LogP contribution in [0.4, 0.5) is 0 Å². The van der Waals surface area contributed by atoms with Crippen molar-refractivity contribution >= 4 is 11.9 Å². The average molecular weight is 376 g/mol. The zero-order valence-electron chi connectivity index (χ0n) is 10.7. The van der Waals surface area contributed by atoms with Crippen LogP contribution in [0.25, 0.3) is 0 Å². The van der Waals surface area contributed by atoms with Crippen molar-refractivity contribution < 1.29 is 45.0 Å². The maximum atomic E-state index is 11.9. The minimum Gasteiger partial charge on any atom is -0.492 e. The monoisotopic (exact) mass is 376 g/mol. The topological polar surface area (TPSA) is 61.8 Å². The van der Waals surface area contributed by atoms with Crippen molar-refractivity contribution in [3.63, 3.8) is 0 Å². The largest absolute Gasteiger partial charge is 0.492 e. The number of carbonyl (C=O) groups excluding carboxylic acids is 2. The zero-order valence-corrected chi connectivity index (χ0v) is 12.9. The van der Waals surface area contributed by atoms with Gasteiger partial charge in [0.15, 0.2) is 27.0 Å². The van der Waals surface area contributed by atoms with Crippen LogP contribution in [0.2, 0.25) is 0 Å². The van der Waals surface area contributed by atoms with Crippen LogP contribution in [-0.4, -0.2) is 24.8 Å². The molecule has 2 rings (SSSR count). The molecule has 0 spiro atoms. The van der Waals surface area contributed by atoms with Gasteiger partial charge in [-0.2, -0.15) is 0 Å². The summed E-state index contributed by atoms with van der Waals surface area (Å²) in [6.07, 6.45) is 0. The average Bonchev–Trinajstić information content (AvgIpc) is 2.33. The summed E-state index contributed by atoms with van der Waals surface area (Å²) in [4.78, 5) is 23.7. The van der Waals surface area contributed by atoms with Crippen LogP contribution in [0, 0.1) is 7.49 Å². The number of hydrogen-bond donors (Lipinski definition) is 0. The molecule has 19 heavy (non-hydrogen) atoms. The minimum atomic E-state index is -1.19. The molecule has 5 nitrogen and oxygen atoms in total. The first-order valence-corrected chi connectivity index (χ1v) is 7.70. The minimum absolute atomic E-state index is 0.0858. The normalized spacial score (nSPS) is 17.7. The number of esters is 2. The van der Waals surface area contributed by atoms with Gasteiger partial charge in [-0.1, -0.05) is 12.1 Å². The van der Waals surface area contributed by atoms with Crippen molar-refractivity contribution in [3.8, 4) is 5.75 Å². The third kappa shape index (κ3) is 3.12. The molecular formula is C13H13IO5. The number of ether oxygens (including phenoxy) is 3. The molecule has 0 unspecified atom stereocenters. The first-order chi connectivity index (χ1) is 8.93. The lowest BCUT2D eigenvalue weighted by Crippen LogP contribution is -3.63. The van der Waals surface area contributed by atoms with E-state index in [0.29, 0.717) is 5.75 Å². The van der Waals surface area contributed by atoms with Crippen LogP contribution in [0.1, 0.15) is 13.8 Å². The molecule has 0 aromatic heterocycles. The molecule has 1 aromatic carbocycles. The first-order valence-electron chi connectivity index (χ1n) is 5.54. The summed E-state index contributed by atoms with van der Waals surface area (Å²) < 4.78 is 16.3. The number of rotatable bonds is 3. The number of cyclic esters (lactones) is 2. The van der Waals surface area contributed by atoms with Gasteiger partial charge < -0.3 is 14.2 Å². The fourth-order valence-electron chi connectivity index (χ4n) is 1.51. The van der Waals surface area contributed by atoms with Gasteiger partial charge in [-0.3, -0.25) is 9.59 Å². The maximum Gasteiger partial charge on any atom is 0.247 e. The van der Waals surface area contributed by atoms with E-state index in [2.05, 4.69) is 0 Å². The highest BCUT2D eigenvalue weighted by Gasteiger charge is 2.40. The highest BCUT2D eigenvalue weighted by Crippen LogP contribution is 2.20. The van der Waals surface area contributed by atoms with Crippen molar-refractivity contribution in [1.82, 2.24) is 0 Å². The predicted octanol–water partition coefficient (Wildman–Crippen LogP) is -1.68. The summed E-state index contributed by atoms with van der Waals surface area (Å²) in [5, 5.41) is 0. The van der Waals surface area contributed by atoms with Gasteiger partial charge in [-0.05, 0) is 12.1 Å². The molecule has 1 fully saturated rings. The van der Waals surface area contributed by atoms with E-state index in [1.807, 2.05) is 18.2 Å². The summed E-state index contributed by atoms with van der Waals surface area (Å²) in [7, 11) is 1.55. The van der Waals surface area contributed by atoms with Gasteiger partial charge in [0.1, 0.15) is 0 Å². The highest BCUT2D eigenvalue weighted by molar-refractivity contribution is 6.08. The van der Waals surface area contributed by atoms with Gasteiger partial charge in [0, 0.05) is 13.8 Å². The van der Waals surface area contributed by atoms with Crippen molar-refractivity contribution in [2.45, 2.75) is 19.6 Å². The van der Waals surface area contributed by atoms with E-state index in [1.54, 1.807) is 13.2 Å². The van der Waals surface area contributed by atoms with Crippen molar-refractivity contribution in [3.05, 3.63) is 31.8 Å². The number of carbonyl (C=O) groups is 2. The molecule has 0 saturated carbocycles. The Bertz CT molecular complexity index is 492. The quantitative estimate of drug-likeness (QED) is 0.359. The fraction of sp³-hybridized carbons (Fsp3) is 0.308.